The molecule has 0 spiro atoms. The minimum Gasteiger partial charge on any atom is -0.493 e. The number of carbonyl (C=O) groups excluding carboxylic acids is 2. The Morgan fingerprint density at radius 3 is 2.90 bits per heavy atom. The zero-order valence-electron chi connectivity index (χ0n) is 10.8. The third kappa shape index (κ3) is 4.31. The van der Waals surface area contributed by atoms with E-state index in [2.05, 4.69) is 5.32 Å². The van der Waals surface area contributed by atoms with Crippen LogP contribution in [0.4, 0.5) is 4.79 Å². The van der Waals surface area contributed by atoms with Crippen LogP contribution in [0.3, 0.4) is 0 Å². The van der Waals surface area contributed by atoms with Crippen LogP contribution in [0, 0.1) is 0 Å². The van der Waals surface area contributed by atoms with Gasteiger partial charge in [-0.3, -0.25) is 9.69 Å². The van der Waals surface area contributed by atoms with Crippen molar-refractivity contribution in [2.75, 3.05) is 31.2 Å². The molecule has 0 bridgehead atoms. The number of benzene rings is 1. The maximum Gasteiger partial charge on any atom is 0.324 e. The number of hydrogen-bond acceptors (Lipinski definition) is 4. The Bertz CT molecular complexity index is 482. The Kier molecular flexibility index (Phi) is 5.55. The zero-order chi connectivity index (χ0) is 14.4. The highest BCUT2D eigenvalue weighted by Crippen LogP contribution is 2.17. The van der Waals surface area contributed by atoms with Crippen LogP contribution >= 0.6 is 23.4 Å². The second-order valence-electron chi connectivity index (χ2n) is 4.12. The van der Waals surface area contributed by atoms with E-state index in [0.29, 0.717) is 23.9 Å². The number of thioether (sulfide) groups is 1. The molecule has 108 valence electrons. The molecule has 0 aromatic heterocycles. The molecule has 1 N–H and O–H groups in total. The van der Waals surface area contributed by atoms with Crippen LogP contribution in [0.5, 0.6) is 5.75 Å². The number of nitrogens with one attached hydrogen (secondary N) is 1. The highest BCUT2D eigenvalue weighted by molar-refractivity contribution is 7.99. The first kappa shape index (κ1) is 15.0. The quantitative estimate of drug-likeness (QED) is 0.618. The number of hydrogen-bond donors (Lipinski definition) is 1. The molecule has 0 saturated carbocycles. The molecule has 1 fully saturated rings. The topological polar surface area (TPSA) is 58.6 Å². The summed E-state index contributed by atoms with van der Waals surface area (Å²) in [6.45, 7) is 1.11. The van der Waals surface area contributed by atoms with Gasteiger partial charge < -0.3 is 10.1 Å². The van der Waals surface area contributed by atoms with Gasteiger partial charge in [-0.2, -0.15) is 11.8 Å². The van der Waals surface area contributed by atoms with Gasteiger partial charge >= 0.3 is 6.03 Å². The molecule has 7 heteroatoms. The monoisotopic (exact) mass is 314 g/mol. The predicted octanol–water partition coefficient (Wildman–Crippen LogP) is 2.00. The lowest BCUT2D eigenvalue weighted by atomic mass is 10.3. The third-order valence-electron chi connectivity index (χ3n) is 2.69. The summed E-state index contributed by atoms with van der Waals surface area (Å²) in [6, 6.07) is 6.94. The Morgan fingerprint density at radius 2 is 2.20 bits per heavy atom. The summed E-state index contributed by atoms with van der Waals surface area (Å²) in [7, 11) is 0. The van der Waals surface area contributed by atoms with E-state index in [-0.39, 0.29) is 18.5 Å². The van der Waals surface area contributed by atoms with Crippen molar-refractivity contribution in [3.8, 4) is 5.75 Å². The highest BCUT2D eigenvalue weighted by Gasteiger charge is 2.27. The number of amides is 3. The Morgan fingerprint density at radius 1 is 1.35 bits per heavy atom. The van der Waals surface area contributed by atoms with Crippen molar-refractivity contribution in [2.45, 2.75) is 0 Å². The van der Waals surface area contributed by atoms with Crippen LogP contribution in [-0.2, 0) is 4.79 Å². The lowest BCUT2D eigenvalue weighted by Crippen LogP contribution is -2.33. The SMILES string of the molecule is O=C1CNC(=O)N1CCSCCOc1cccc(Cl)c1. The van der Waals surface area contributed by atoms with E-state index in [4.69, 9.17) is 16.3 Å². The lowest BCUT2D eigenvalue weighted by molar-refractivity contribution is -0.124. The molecule has 20 heavy (non-hydrogen) atoms. The Hall–Kier alpha value is -1.40. The molecular formula is C13H15ClN2O3S. The molecule has 0 unspecified atom stereocenters. The van der Waals surface area contributed by atoms with Gasteiger partial charge in [0.05, 0.1) is 13.2 Å². The number of nitrogens with zero attached hydrogens (tertiary/aromatic N) is 1. The van der Waals surface area contributed by atoms with Crippen molar-refractivity contribution in [3.05, 3.63) is 29.3 Å². The second kappa shape index (κ2) is 7.40. The summed E-state index contributed by atoms with van der Waals surface area (Å²) < 4.78 is 5.54. The number of imide groups is 1. The summed E-state index contributed by atoms with van der Waals surface area (Å²) in [5.41, 5.74) is 0. The Labute approximate surface area is 126 Å². The van der Waals surface area contributed by atoms with Crippen LogP contribution in [0.2, 0.25) is 5.02 Å². The number of halogens is 1. The standard InChI is InChI=1S/C13H15ClN2O3S/c14-10-2-1-3-11(8-10)19-5-7-20-6-4-16-12(17)9-15-13(16)18/h1-3,8H,4-7,9H2,(H,15,18). The van der Waals surface area contributed by atoms with E-state index in [0.717, 1.165) is 11.5 Å². The molecule has 1 aromatic carbocycles. The Balaban J connectivity index is 1.58. The van der Waals surface area contributed by atoms with Gasteiger partial charge in [0, 0.05) is 23.1 Å². The van der Waals surface area contributed by atoms with Crippen LogP contribution in [0.15, 0.2) is 24.3 Å². The van der Waals surface area contributed by atoms with Crippen molar-refractivity contribution in [3.63, 3.8) is 0 Å². The number of rotatable bonds is 7. The molecule has 1 heterocycles. The molecule has 1 aromatic rings. The summed E-state index contributed by atoms with van der Waals surface area (Å²) in [5.74, 6) is 2.08. The molecule has 5 nitrogen and oxygen atoms in total. The largest absolute Gasteiger partial charge is 0.493 e. The molecule has 0 atom stereocenters. The third-order valence-corrected chi connectivity index (χ3v) is 3.85. The smallest absolute Gasteiger partial charge is 0.324 e. The maximum absolute atomic E-state index is 11.3. The normalized spacial score (nSPS) is 14.6. The molecule has 1 aliphatic rings. The summed E-state index contributed by atoms with van der Waals surface area (Å²) in [4.78, 5) is 23.8. The number of urea groups is 1. The van der Waals surface area contributed by atoms with Crippen molar-refractivity contribution in [1.82, 2.24) is 10.2 Å². The summed E-state index contributed by atoms with van der Waals surface area (Å²) in [6.07, 6.45) is 0. The first-order valence-corrected chi connectivity index (χ1v) is 7.74. The number of carbonyl (C=O) groups is 2. The zero-order valence-corrected chi connectivity index (χ0v) is 12.4. The van der Waals surface area contributed by atoms with Gasteiger partial charge in [-0.1, -0.05) is 17.7 Å². The average molecular weight is 315 g/mol. The van der Waals surface area contributed by atoms with Gasteiger partial charge in [0.15, 0.2) is 0 Å². The molecule has 0 aliphatic carbocycles. The maximum atomic E-state index is 11.3. The van der Waals surface area contributed by atoms with Crippen molar-refractivity contribution in [1.29, 1.82) is 0 Å². The fraction of sp³-hybridized carbons (Fsp3) is 0.385. The van der Waals surface area contributed by atoms with Gasteiger partial charge in [0.1, 0.15) is 5.75 Å². The van der Waals surface area contributed by atoms with Crippen LogP contribution in [0.1, 0.15) is 0 Å². The van der Waals surface area contributed by atoms with Gasteiger partial charge in [0.2, 0.25) is 5.91 Å². The molecule has 2 rings (SSSR count). The minimum absolute atomic E-state index is 0.112. The van der Waals surface area contributed by atoms with Crippen molar-refractivity contribution < 1.29 is 14.3 Å². The number of ether oxygens (including phenoxy) is 1. The fourth-order valence-electron chi connectivity index (χ4n) is 1.71. The average Bonchev–Trinajstić information content (AvgIpc) is 2.74. The van der Waals surface area contributed by atoms with Gasteiger partial charge in [-0.15, -0.1) is 0 Å². The summed E-state index contributed by atoms with van der Waals surface area (Å²) in [5, 5.41) is 3.14. The predicted molar refractivity (Wildman–Crippen MR) is 79.4 cm³/mol. The second-order valence-corrected chi connectivity index (χ2v) is 5.78. The van der Waals surface area contributed by atoms with Crippen molar-refractivity contribution in [2.24, 2.45) is 0 Å². The van der Waals surface area contributed by atoms with E-state index in [1.54, 1.807) is 23.9 Å². The van der Waals surface area contributed by atoms with Crippen LogP contribution in [-0.4, -0.2) is 48.0 Å². The van der Waals surface area contributed by atoms with Crippen LogP contribution in [0.25, 0.3) is 0 Å². The van der Waals surface area contributed by atoms with Crippen molar-refractivity contribution >= 4 is 35.3 Å². The minimum atomic E-state index is -0.300. The van der Waals surface area contributed by atoms with Gasteiger partial charge in [0.25, 0.3) is 0 Å². The first-order chi connectivity index (χ1) is 9.66. The summed E-state index contributed by atoms with van der Waals surface area (Å²) >= 11 is 7.48. The first-order valence-electron chi connectivity index (χ1n) is 6.21. The van der Waals surface area contributed by atoms with Gasteiger partial charge in [-0.05, 0) is 18.2 Å². The van der Waals surface area contributed by atoms with Gasteiger partial charge in [-0.25, -0.2) is 4.79 Å². The van der Waals surface area contributed by atoms with E-state index in [1.807, 2.05) is 12.1 Å². The van der Waals surface area contributed by atoms with E-state index in [9.17, 15) is 9.59 Å². The molecule has 0 radical (unpaired) electrons. The molecule has 1 aliphatic heterocycles. The molecule has 3 amide bonds. The van der Waals surface area contributed by atoms with E-state index in [1.165, 1.54) is 4.90 Å². The van der Waals surface area contributed by atoms with Crippen LogP contribution < -0.4 is 10.1 Å². The van der Waals surface area contributed by atoms with E-state index < -0.39 is 0 Å². The highest BCUT2D eigenvalue weighted by atomic mass is 35.5. The molecular weight excluding hydrogens is 300 g/mol. The van der Waals surface area contributed by atoms with E-state index >= 15 is 0 Å². The molecule has 1 saturated heterocycles. The fourth-order valence-corrected chi connectivity index (χ4v) is 2.61. The lowest BCUT2D eigenvalue weighted by Gasteiger charge is -2.11.